The minimum atomic E-state index is -0.356. The van der Waals surface area contributed by atoms with Crippen LogP contribution in [0, 0.1) is 0 Å². The highest BCUT2D eigenvalue weighted by Crippen LogP contribution is 2.30. The maximum Gasteiger partial charge on any atom is 0.271 e. The van der Waals surface area contributed by atoms with Crippen molar-refractivity contribution in [1.82, 2.24) is 5.43 Å². The molecule has 0 aliphatic heterocycles. The predicted molar refractivity (Wildman–Crippen MR) is 150 cm³/mol. The lowest BCUT2D eigenvalue weighted by molar-refractivity contribution is 0.0954. The largest absolute Gasteiger partial charge is 0.490 e. The molecule has 0 spiro atoms. The van der Waals surface area contributed by atoms with Crippen LogP contribution in [0.1, 0.15) is 42.3 Å². The molecule has 1 amide bonds. The fourth-order valence-corrected chi connectivity index (χ4v) is 3.99. The summed E-state index contributed by atoms with van der Waals surface area (Å²) in [6.45, 7) is 7.57. The van der Waals surface area contributed by atoms with E-state index in [1.807, 2.05) is 57.2 Å². The SMILES string of the molecule is CCOc1ccc(C(=O)N/N=C/c2ccc(OCc3cccc4ccccc34)c(OCC)c2)cc1OCC. The van der Waals surface area contributed by atoms with E-state index in [1.165, 1.54) is 5.39 Å². The van der Waals surface area contributed by atoms with Crippen molar-refractivity contribution >= 4 is 22.9 Å². The Kier molecular flexibility index (Phi) is 9.18. The Morgan fingerprint density at radius 2 is 1.39 bits per heavy atom. The summed E-state index contributed by atoms with van der Waals surface area (Å²) in [5.74, 6) is 2.01. The molecule has 4 aromatic carbocycles. The first kappa shape index (κ1) is 26.5. The standard InChI is InChI=1S/C31H32N2O5/c1-4-35-27-17-15-24(19-30(27)37-6-3)31(34)33-32-20-22-14-16-28(29(18-22)36-5-2)38-21-25-12-9-11-23-10-7-8-13-26(23)25/h7-20H,4-6,21H2,1-3H3,(H,33,34)/b32-20+. The molecule has 7 nitrogen and oxygen atoms in total. The minimum absolute atomic E-state index is 0.356. The minimum Gasteiger partial charge on any atom is -0.490 e. The molecule has 0 aliphatic carbocycles. The normalized spacial score (nSPS) is 10.9. The van der Waals surface area contributed by atoms with Gasteiger partial charge < -0.3 is 18.9 Å². The van der Waals surface area contributed by atoms with Gasteiger partial charge in [-0.3, -0.25) is 4.79 Å². The fourth-order valence-electron chi connectivity index (χ4n) is 3.99. The van der Waals surface area contributed by atoms with Crippen molar-refractivity contribution in [1.29, 1.82) is 0 Å². The molecule has 0 unspecified atom stereocenters. The summed E-state index contributed by atoms with van der Waals surface area (Å²) in [6.07, 6.45) is 1.56. The van der Waals surface area contributed by atoms with E-state index in [0.717, 1.165) is 16.5 Å². The van der Waals surface area contributed by atoms with Crippen LogP contribution in [0.4, 0.5) is 0 Å². The van der Waals surface area contributed by atoms with Crippen molar-refractivity contribution in [2.45, 2.75) is 27.4 Å². The molecule has 0 radical (unpaired) electrons. The number of rotatable bonds is 12. The zero-order valence-corrected chi connectivity index (χ0v) is 21.9. The van der Waals surface area contributed by atoms with Crippen molar-refractivity contribution in [3.63, 3.8) is 0 Å². The summed E-state index contributed by atoms with van der Waals surface area (Å²) in [6, 6.07) is 25.0. The number of hydrogen-bond acceptors (Lipinski definition) is 6. The molecule has 0 aromatic heterocycles. The topological polar surface area (TPSA) is 78.4 Å². The first-order chi connectivity index (χ1) is 18.6. The lowest BCUT2D eigenvalue weighted by Gasteiger charge is -2.14. The predicted octanol–water partition coefficient (Wildman–Crippen LogP) is 6.38. The molecular weight excluding hydrogens is 480 g/mol. The molecule has 0 saturated heterocycles. The van der Waals surface area contributed by atoms with Gasteiger partial charge in [0, 0.05) is 5.56 Å². The van der Waals surface area contributed by atoms with Gasteiger partial charge >= 0.3 is 0 Å². The second-order valence-corrected chi connectivity index (χ2v) is 8.29. The van der Waals surface area contributed by atoms with Crippen LogP contribution >= 0.6 is 0 Å². The molecule has 0 saturated carbocycles. The Balaban J connectivity index is 1.43. The lowest BCUT2D eigenvalue weighted by Crippen LogP contribution is -2.17. The molecule has 0 aliphatic rings. The van der Waals surface area contributed by atoms with Crippen molar-refractivity contribution in [3.8, 4) is 23.0 Å². The number of carbonyl (C=O) groups excluding carboxylic acids is 1. The quantitative estimate of drug-likeness (QED) is 0.176. The first-order valence-electron chi connectivity index (χ1n) is 12.7. The summed E-state index contributed by atoms with van der Waals surface area (Å²) in [4.78, 5) is 12.6. The van der Waals surface area contributed by atoms with Crippen LogP contribution in [-0.4, -0.2) is 31.9 Å². The van der Waals surface area contributed by atoms with Crippen LogP contribution < -0.4 is 24.4 Å². The van der Waals surface area contributed by atoms with Gasteiger partial charge in [0.25, 0.3) is 5.91 Å². The average molecular weight is 513 g/mol. The molecule has 0 heterocycles. The summed E-state index contributed by atoms with van der Waals surface area (Å²) < 4.78 is 23.1. The van der Waals surface area contributed by atoms with E-state index in [-0.39, 0.29) is 5.91 Å². The summed E-state index contributed by atoms with van der Waals surface area (Å²) >= 11 is 0. The number of nitrogens with zero attached hydrogens (tertiary/aromatic N) is 1. The molecule has 1 N–H and O–H groups in total. The van der Waals surface area contributed by atoms with Crippen molar-refractivity contribution in [2.75, 3.05) is 19.8 Å². The Morgan fingerprint density at radius 3 is 2.18 bits per heavy atom. The molecule has 4 aromatic rings. The smallest absolute Gasteiger partial charge is 0.271 e. The van der Waals surface area contributed by atoms with Crippen LogP contribution in [0.3, 0.4) is 0 Å². The molecule has 38 heavy (non-hydrogen) atoms. The Hall–Kier alpha value is -4.52. The number of carbonyl (C=O) groups is 1. The fraction of sp³-hybridized carbons (Fsp3) is 0.226. The third-order valence-corrected chi connectivity index (χ3v) is 5.72. The van der Waals surface area contributed by atoms with Crippen molar-refractivity contribution in [3.05, 3.63) is 95.6 Å². The number of hydrazone groups is 1. The third kappa shape index (κ3) is 6.62. The Labute approximate surface area is 223 Å². The van der Waals surface area contributed by atoms with E-state index in [0.29, 0.717) is 55.0 Å². The summed E-state index contributed by atoms with van der Waals surface area (Å²) in [5, 5.41) is 6.45. The Morgan fingerprint density at radius 1 is 0.737 bits per heavy atom. The van der Waals surface area contributed by atoms with E-state index in [9.17, 15) is 4.79 Å². The van der Waals surface area contributed by atoms with Gasteiger partial charge in [-0.1, -0.05) is 42.5 Å². The average Bonchev–Trinajstić information content (AvgIpc) is 2.94. The van der Waals surface area contributed by atoms with Crippen LogP contribution in [0.5, 0.6) is 23.0 Å². The second-order valence-electron chi connectivity index (χ2n) is 8.29. The van der Waals surface area contributed by atoms with E-state index in [1.54, 1.807) is 24.4 Å². The molecule has 7 heteroatoms. The van der Waals surface area contributed by atoms with Gasteiger partial charge in [0.15, 0.2) is 23.0 Å². The van der Waals surface area contributed by atoms with Crippen molar-refractivity contribution < 1.29 is 23.7 Å². The molecule has 0 atom stereocenters. The summed E-state index contributed by atoms with van der Waals surface area (Å²) in [5.41, 5.74) is 4.83. The van der Waals surface area contributed by atoms with Crippen LogP contribution in [-0.2, 0) is 6.61 Å². The lowest BCUT2D eigenvalue weighted by atomic mass is 10.1. The maximum absolute atomic E-state index is 12.6. The maximum atomic E-state index is 12.6. The number of fused-ring (bicyclic) bond motifs is 1. The molecule has 4 rings (SSSR count). The third-order valence-electron chi connectivity index (χ3n) is 5.72. The number of hydrogen-bond donors (Lipinski definition) is 1. The molecule has 0 fully saturated rings. The molecular formula is C31H32N2O5. The van der Waals surface area contributed by atoms with Gasteiger partial charge in [-0.2, -0.15) is 5.10 Å². The second kappa shape index (κ2) is 13.1. The number of benzene rings is 4. The highest BCUT2D eigenvalue weighted by atomic mass is 16.5. The highest BCUT2D eigenvalue weighted by molar-refractivity contribution is 5.95. The summed E-state index contributed by atoms with van der Waals surface area (Å²) in [7, 11) is 0. The molecule has 0 bridgehead atoms. The van der Waals surface area contributed by atoms with Gasteiger partial charge in [0.2, 0.25) is 0 Å². The van der Waals surface area contributed by atoms with Gasteiger partial charge in [-0.05, 0) is 79.1 Å². The van der Waals surface area contributed by atoms with Crippen LogP contribution in [0.25, 0.3) is 10.8 Å². The van der Waals surface area contributed by atoms with E-state index in [4.69, 9.17) is 18.9 Å². The van der Waals surface area contributed by atoms with Crippen LogP contribution in [0.2, 0.25) is 0 Å². The Bertz CT molecular complexity index is 1410. The van der Waals surface area contributed by atoms with Gasteiger partial charge in [0.05, 0.1) is 26.0 Å². The van der Waals surface area contributed by atoms with Gasteiger partial charge in [0.1, 0.15) is 6.61 Å². The van der Waals surface area contributed by atoms with Crippen LogP contribution in [0.15, 0.2) is 84.0 Å². The zero-order valence-electron chi connectivity index (χ0n) is 21.9. The van der Waals surface area contributed by atoms with Gasteiger partial charge in [-0.25, -0.2) is 5.43 Å². The van der Waals surface area contributed by atoms with E-state index < -0.39 is 0 Å². The molecule has 196 valence electrons. The zero-order chi connectivity index (χ0) is 26.7. The number of nitrogens with one attached hydrogen (secondary N) is 1. The van der Waals surface area contributed by atoms with Gasteiger partial charge in [-0.15, -0.1) is 0 Å². The van der Waals surface area contributed by atoms with E-state index in [2.05, 4.69) is 34.8 Å². The number of ether oxygens (including phenoxy) is 4. The first-order valence-corrected chi connectivity index (χ1v) is 12.7. The van der Waals surface area contributed by atoms with E-state index >= 15 is 0 Å². The number of amides is 1. The monoisotopic (exact) mass is 512 g/mol. The van der Waals surface area contributed by atoms with Crippen molar-refractivity contribution in [2.24, 2.45) is 5.10 Å². The highest BCUT2D eigenvalue weighted by Gasteiger charge is 2.12.